The molecule has 0 bridgehead atoms. The SMILES string of the molecule is COc1cc(C=O)cc(I)c1OCC=Cc1ccccc1. The Kier molecular flexibility index (Phi) is 5.80. The highest BCUT2D eigenvalue weighted by Crippen LogP contribution is 2.33. The number of hydrogen-bond donors (Lipinski definition) is 0. The molecule has 21 heavy (non-hydrogen) atoms. The quantitative estimate of drug-likeness (QED) is 0.544. The van der Waals surface area contributed by atoms with Crippen molar-refractivity contribution < 1.29 is 14.3 Å². The van der Waals surface area contributed by atoms with Crippen LogP contribution in [0.3, 0.4) is 0 Å². The van der Waals surface area contributed by atoms with Crippen LogP contribution >= 0.6 is 22.6 Å². The molecule has 0 aliphatic rings. The van der Waals surface area contributed by atoms with Gasteiger partial charge in [-0.1, -0.05) is 36.4 Å². The maximum Gasteiger partial charge on any atom is 0.174 e. The van der Waals surface area contributed by atoms with Crippen LogP contribution in [-0.2, 0) is 0 Å². The first-order valence-electron chi connectivity index (χ1n) is 6.41. The molecule has 0 fully saturated rings. The van der Waals surface area contributed by atoms with Gasteiger partial charge in [0.15, 0.2) is 11.5 Å². The number of carbonyl (C=O) groups excluding carboxylic acids is 1. The Morgan fingerprint density at radius 2 is 1.90 bits per heavy atom. The Morgan fingerprint density at radius 1 is 1.14 bits per heavy atom. The van der Waals surface area contributed by atoms with E-state index in [1.165, 1.54) is 0 Å². The summed E-state index contributed by atoms with van der Waals surface area (Å²) in [5, 5.41) is 0. The molecule has 2 rings (SSSR count). The Bertz CT molecular complexity index is 636. The van der Waals surface area contributed by atoms with Crippen LogP contribution in [0.15, 0.2) is 48.5 Å². The zero-order chi connectivity index (χ0) is 15.1. The highest BCUT2D eigenvalue weighted by molar-refractivity contribution is 14.1. The average molecular weight is 394 g/mol. The topological polar surface area (TPSA) is 35.5 Å². The minimum Gasteiger partial charge on any atom is -0.493 e. The van der Waals surface area contributed by atoms with E-state index >= 15 is 0 Å². The van der Waals surface area contributed by atoms with Crippen LogP contribution in [0.5, 0.6) is 11.5 Å². The molecule has 0 unspecified atom stereocenters. The molecule has 0 amide bonds. The molecule has 0 heterocycles. The van der Waals surface area contributed by atoms with Crippen LogP contribution in [-0.4, -0.2) is 20.0 Å². The van der Waals surface area contributed by atoms with Crippen LogP contribution in [0.2, 0.25) is 0 Å². The summed E-state index contributed by atoms with van der Waals surface area (Å²) in [5.41, 5.74) is 1.70. The normalized spacial score (nSPS) is 10.6. The molecule has 2 aromatic rings. The fourth-order valence-electron chi connectivity index (χ4n) is 1.83. The zero-order valence-corrected chi connectivity index (χ0v) is 13.7. The number of rotatable bonds is 6. The highest BCUT2D eigenvalue weighted by Gasteiger charge is 2.10. The summed E-state index contributed by atoms with van der Waals surface area (Å²) in [5.74, 6) is 1.22. The number of ether oxygens (including phenoxy) is 2. The first-order valence-corrected chi connectivity index (χ1v) is 7.49. The van der Waals surface area contributed by atoms with Gasteiger partial charge in [-0.15, -0.1) is 0 Å². The van der Waals surface area contributed by atoms with Crippen molar-refractivity contribution in [1.82, 2.24) is 0 Å². The Balaban J connectivity index is 2.06. The zero-order valence-electron chi connectivity index (χ0n) is 11.6. The fourth-order valence-corrected chi connectivity index (χ4v) is 2.61. The third-order valence-electron chi connectivity index (χ3n) is 2.82. The van der Waals surface area contributed by atoms with Gasteiger partial charge in [0.25, 0.3) is 0 Å². The summed E-state index contributed by atoms with van der Waals surface area (Å²) in [4.78, 5) is 10.8. The van der Waals surface area contributed by atoms with Gasteiger partial charge in [-0.05, 0) is 46.4 Å². The van der Waals surface area contributed by atoms with Gasteiger partial charge in [0.1, 0.15) is 12.9 Å². The molecule has 0 N–H and O–H groups in total. The molecule has 0 aliphatic carbocycles. The number of methoxy groups -OCH3 is 1. The molecule has 0 aromatic heterocycles. The van der Waals surface area contributed by atoms with Crippen LogP contribution in [0.4, 0.5) is 0 Å². The lowest BCUT2D eigenvalue weighted by molar-refractivity contribution is 0.112. The lowest BCUT2D eigenvalue weighted by atomic mass is 10.2. The summed E-state index contributed by atoms with van der Waals surface area (Å²) in [6.45, 7) is 0.432. The van der Waals surface area contributed by atoms with Gasteiger partial charge in [0.05, 0.1) is 10.7 Å². The molecule has 0 atom stereocenters. The van der Waals surface area contributed by atoms with Crippen LogP contribution < -0.4 is 9.47 Å². The maximum absolute atomic E-state index is 10.8. The molecular formula is C17H15IO3. The van der Waals surface area contributed by atoms with Crippen LogP contribution in [0, 0.1) is 3.57 Å². The lowest BCUT2D eigenvalue weighted by Gasteiger charge is -2.11. The Hall–Kier alpha value is -1.82. The summed E-state index contributed by atoms with van der Waals surface area (Å²) in [6, 6.07) is 13.5. The van der Waals surface area contributed by atoms with E-state index in [2.05, 4.69) is 22.6 Å². The van der Waals surface area contributed by atoms with Crippen LogP contribution in [0.1, 0.15) is 15.9 Å². The minimum absolute atomic E-state index is 0.432. The summed E-state index contributed by atoms with van der Waals surface area (Å²) in [7, 11) is 1.56. The average Bonchev–Trinajstić information content (AvgIpc) is 2.53. The minimum atomic E-state index is 0.432. The van der Waals surface area contributed by atoms with E-state index in [-0.39, 0.29) is 0 Å². The summed E-state index contributed by atoms with van der Waals surface area (Å²) >= 11 is 2.13. The first-order chi connectivity index (χ1) is 10.2. The lowest BCUT2D eigenvalue weighted by Crippen LogP contribution is -2.00. The number of benzene rings is 2. The molecule has 108 valence electrons. The molecule has 0 aliphatic heterocycles. The Labute approximate surface area is 137 Å². The van der Waals surface area contributed by atoms with Gasteiger partial charge in [-0.2, -0.15) is 0 Å². The van der Waals surface area contributed by atoms with Gasteiger partial charge in [-0.3, -0.25) is 4.79 Å². The van der Waals surface area contributed by atoms with E-state index in [1.807, 2.05) is 42.5 Å². The van der Waals surface area contributed by atoms with E-state index in [9.17, 15) is 4.79 Å². The smallest absolute Gasteiger partial charge is 0.174 e. The predicted octanol–water partition coefficient (Wildman–Crippen LogP) is 4.20. The van der Waals surface area contributed by atoms with Gasteiger partial charge < -0.3 is 9.47 Å². The van der Waals surface area contributed by atoms with E-state index in [1.54, 1.807) is 19.2 Å². The third kappa shape index (κ3) is 4.32. The molecule has 0 radical (unpaired) electrons. The monoisotopic (exact) mass is 394 g/mol. The van der Waals surface area contributed by atoms with Crippen molar-refractivity contribution in [3.8, 4) is 11.5 Å². The second-order valence-electron chi connectivity index (χ2n) is 4.28. The number of carbonyl (C=O) groups is 1. The first kappa shape index (κ1) is 15.6. The fraction of sp³-hybridized carbons (Fsp3) is 0.118. The van der Waals surface area contributed by atoms with Crippen molar-refractivity contribution in [3.05, 3.63) is 63.2 Å². The second kappa shape index (κ2) is 7.83. The number of aldehydes is 1. The largest absolute Gasteiger partial charge is 0.493 e. The summed E-state index contributed by atoms with van der Waals surface area (Å²) < 4.78 is 11.9. The number of hydrogen-bond acceptors (Lipinski definition) is 3. The van der Waals surface area contributed by atoms with E-state index in [0.29, 0.717) is 23.7 Å². The number of halogens is 1. The van der Waals surface area contributed by atoms with Crippen molar-refractivity contribution in [1.29, 1.82) is 0 Å². The van der Waals surface area contributed by atoms with E-state index < -0.39 is 0 Å². The van der Waals surface area contributed by atoms with E-state index in [0.717, 1.165) is 15.4 Å². The molecule has 0 saturated carbocycles. The molecular weight excluding hydrogens is 379 g/mol. The van der Waals surface area contributed by atoms with Crippen molar-refractivity contribution in [2.45, 2.75) is 0 Å². The highest BCUT2D eigenvalue weighted by atomic mass is 127. The maximum atomic E-state index is 10.8. The molecule has 0 saturated heterocycles. The van der Waals surface area contributed by atoms with Gasteiger partial charge in [0.2, 0.25) is 0 Å². The second-order valence-corrected chi connectivity index (χ2v) is 5.44. The van der Waals surface area contributed by atoms with Crippen molar-refractivity contribution in [3.63, 3.8) is 0 Å². The summed E-state index contributed by atoms with van der Waals surface area (Å²) in [6.07, 6.45) is 4.74. The van der Waals surface area contributed by atoms with Crippen LogP contribution in [0.25, 0.3) is 6.08 Å². The molecule has 3 nitrogen and oxygen atoms in total. The van der Waals surface area contributed by atoms with E-state index in [4.69, 9.17) is 9.47 Å². The standard InChI is InChI=1S/C17H15IO3/c1-20-16-11-14(12-19)10-15(18)17(16)21-9-5-8-13-6-3-2-4-7-13/h2-8,10-12H,9H2,1H3. The molecule has 0 spiro atoms. The van der Waals surface area contributed by atoms with Crippen molar-refractivity contribution in [2.75, 3.05) is 13.7 Å². The third-order valence-corrected chi connectivity index (χ3v) is 3.62. The van der Waals surface area contributed by atoms with Gasteiger partial charge in [0, 0.05) is 5.56 Å². The Morgan fingerprint density at radius 3 is 2.57 bits per heavy atom. The van der Waals surface area contributed by atoms with Crippen molar-refractivity contribution >= 4 is 35.0 Å². The molecule has 2 aromatic carbocycles. The molecule has 4 heteroatoms. The predicted molar refractivity (Wildman–Crippen MR) is 92.1 cm³/mol. The van der Waals surface area contributed by atoms with Crippen molar-refractivity contribution in [2.24, 2.45) is 0 Å². The van der Waals surface area contributed by atoms with Gasteiger partial charge >= 0.3 is 0 Å². The van der Waals surface area contributed by atoms with Gasteiger partial charge in [-0.25, -0.2) is 0 Å².